The Bertz CT molecular complexity index is 820. The van der Waals surface area contributed by atoms with Crippen molar-refractivity contribution in [1.82, 2.24) is 4.57 Å². The second-order valence-electron chi connectivity index (χ2n) is 3.89. The van der Waals surface area contributed by atoms with Crippen LogP contribution in [0.5, 0.6) is 0 Å². The lowest BCUT2D eigenvalue weighted by Crippen LogP contribution is -2.14. The van der Waals surface area contributed by atoms with Crippen molar-refractivity contribution in [2.24, 2.45) is 0 Å². The zero-order valence-corrected chi connectivity index (χ0v) is 10.7. The van der Waals surface area contributed by atoms with E-state index in [4.69, 9.17) is 9.66 Å². The second-order valence-corrected chi connectivity index (χ2v) is 5.31. The predicted octanol–water partition coefficient (Wildman–Crippen LogP) is 0.782. The van der Waals surface area contributed by atoms with E-state index in [0.29, 0.717) is 5.69 Å². The molecule has 0 saturated heterocycles. The third-order valence-electron chi connectivity index (χ3n) is 2.56. The highest BCUT2D eigenvalue weighted by Gasteiger charge is 2.12. The van der Waals surface area contributed by atoms with Crippen LogP contribution < -0.4 is 5.43 Å². The molecule has 0 saturated carbocycles. The first-order chi connectivity index (χ1) is 9.29. The first-order valence-corrected chi connectivity index (χ1v) is 6.77. The van der Waals surface area contributed by atoms with Crippen molar-refractivity contribution in [2.75, 3.05) is 0 Å². The Morgan fingerprint density at radius 3 is 2.20 bits per heavy atom. The van der Waals surface area contributed by atoms with Crippen LogP contribution in [0.4, 0.5) is 0 Å². The number of carboxylic acids is 1. The predicted molar refractivity (Wildman–Crippen MR) is 68.8 cm³/mol. The minimum atomic E-state index is -4.31. The molecule has 0 atom stereocenters. The number of carbonyl (C=O) groups is 1. The lowest BCUT2D eigenvalue weighted by atomic mass is 10.2. The molecule has 0 bridgehead atoms. The average Bonchev–Trinajstić information content (AvgIpc) is 2.37. The van der Waals surface area contributed by atoms with Crippen molar-refractivity contribution in [3.8, 4) is 5.69 Å². The number of hydrogen-bond donors (Lipinski definition) is 2. The Balaban J connectivity index is 2.58. The molecule has 0 radical (unpaired) electrons. The van der Waals surface area contributed by atoms with Crippen molar-refractivity contribution >= 4 is 16.1 Å². The van der Waals surface area contributed by atoms with Gasteiger partial charge in [-0.25, -0.2) is 4.79 Å². The van der Waals surface area contributed by atoms with E-state index in [2.05, 4.69) is 0 Å². The van der Waals surface area contributed by atoms with Gasteiger partial charge in [0, 0.05) is 24.0 Å². The fourth-order valence-corrected chi connectivity index (χ4v) is 2.13. The van der Waals surface area contributed by atoms with E-state index < -0.39 is 21.5 Å². The van der Waals surface area contributed by atoms with E-state index in [1.54, 1.807) is 0 Å². The summed E-state index contributed by atoms with van der Waals surface area (Å²) in [4.78, 5) is 21.9. The molecular formula is C12H9NO6S. The molecule has 1 aromatic heterocycles. The van der Waals surface area contributed by atoms with Crippen molar-refractivity contribution < 1.29 is 22.9 Å². The number of hydrogen-bond acceptors (Lipinski definition) is 4. The van der Waals surface area contributed by atoms with Gasteiger partial charge < -0.3 is 9.67 Å². The fourth-order valence-electron chi connectivity index (χ4n) is 1.65. The molecule has 0 aliphatic heterocycles. The van der Waals surface area contributed by atoms with E-state index in [9.17, 15) is 18.0 Å². The van der Waals surface area contributed by atoms with Crippen LogP contribution in [0.2, 0.25) is 0 Å². The maximum atomic E-state index is 11.2. The van der Waals surface area contributed by atoms with E-state index in [-0.39, 0.29) is 10.6 Å². The number of nitrogens with zero attached hydrogens (tertiary/aromatic N) is 1. The van der Waals surface area contributed by atoms with Crippen LogP contribution in [-0.4, -0.2) is 28.6 Å². The van der Waals surface area contributed by atoms with Gasteiger partial charge in [0.15, 0.2) is 5.43 Å². The highest BCUT2D eigenvalue weighted by molar-refractivity contribution is 7.85. The molecule has 1 heterocycles. The average molecular weight is 295 g/mol. The zero-order chi connectivity index (χ0) is 14.9. The Labute approximate surface area is 113 Å². The summed E-state index contributed by atoms with van der Waals surface area (Å²) in [6, 6.07) is 7.05. The fraction of sp³-hybridized carbons (Fsp3) is 0. The van der Waals surface area contributed by atoms with Crippen LogP contribution in [0.15, 0.2) is 52.3 Å². The Hall–Kier alpha value is -2.45. The van der Waals surface area contributed by atoms with Gasteiger partial charge in [0.05, 0.1) is 4.90 Å². The number of carboxylic acid groups (broad SMARTS) is 1. The summed E-state index contributed by atoms with van der Waals surface area (Å²) in [6.45, 7) is 0. The van der Waals surface area contributed by atoms with E-state index in [0.717, 1.165) is 18.2 Å². The monoisotopic (exact) mass is 295 g/mol. The Morgan fingerprint density at radius 1 is 1.10 bits per heavy atom. The quantitative estimate of drug-likeness (QED) is 0.809. The van der Waals surface area contributed by atoms with Gasteiger partial charge in [0.1, 0.15) is 5.69 Å². The van der Waals surface area contributed by atoms with E-state index in [1.807, 2.05) is 0 Å². The van der Waals surface area contributed by atoms with Gasteiger partial charge in [-0.2, -0.15) is 8.42 Å². The molecule has 0 spiro atoms. The van der Waals surface area contributed by atoms with Gasteiger partial charge in [-0.3, -0.25) is 9.35 Å². The van der Waals surface area contributed by atoms with Crippen molar-refractivity contribution in [3.05, 3.63) is 58.5 Å². The molecule has 1 aromatic carbocycles. The molecule has 0 unspecified atom stereocenters. The van der Waals surface area contributed by atoms with Gasteiger partial charge in [0.2, 0.25) is 0 Å². The maximum absolute atomic E-state index is 11.2. The second kappa shape index (κ2) is 4.91. The minimum absolute atomic E-state index is 0.253. The zero-order valence-electron chi connectivity index (χ0n) is 9.92. The first kappa shape index (κ1) is 14.0. The topological polar surface area (TPSA) is 114 Å². The Kier molecular flexibility index (Phi) is 3.43. The van der Waals surface area contributed by atoms with Crippen LogP contribution in [-0.2, 0) is 10.1 Å². The molecular weight excluding hydrogens is 286 g/mol. The normalized spacial score (nSPS) is 11.2. The summed E-state index contributed by atoms with van der Waals surface area (Å²) in [5, 5.41) is 9.04. The van der Waals surface area contributed by atoms with E-state index >= 15 is 0 Å². The summed E-state index contributed by atoms with van der Waals surface area (Å²) < 4.78 is 31.9. The summed E-state index contributed by atoms with van der Waals surface area (Å²) in [7, 11) is -4.31. The molecule has 2 N–H and O–H groups in total. The minimum Gasteiger partial charge on any atom is -0.477 e. The highest BCUT2D eigenvalue weighted by Crippen LogP contribution is 2.15. The number of aromatic nitrogens is 1. The molecule has 0 aliphatic rings. The number of benzene rings is 1. The molecule has 2 rings (SSSR count). The van der Waals surface area contributed by atoms with Crippen molar-refractivity contribution in [3.63, 3.8) is 0 Å². The number of pyridine rings is 1. The highest BCUT2D eigenvalue weighted by atomic mass is 32.2. The Morgan fingerprint density at radius 2 is 1.70 bits per heavy atom. The van der Waals surface area contributed by atoms with Crippen molar-refractivity contribution in [2.45, 2.75) is 4.90 Å². The van der Waals surface area contributed by atoms with Gasteiger partial charge in [-0.1, -0.05) is 0 Å². The number of rotatable bonds is 3. The van der Waals surface area contributed by atoms with Crippen LogP contribution in [0.1, 0.15) is 10.5 Å². The third kappa shape index (κ3) is 2.76. The SMILES string of the molecule is O=C(O)c1cc(=O)ccn1-c1ccc(S(=O)(=O)O)cc1. The standard InChI is InChI=1S/C12H9NO6S/c14-9-5-6-13(11(7-9)12(15)16)8-1-3-10(4-2-8)20(17,18)19/h1-7H,(H,15,16)(H,17,18,19). The molecule has 8 heteroatoms. The lowest BCUT2D eigenvalue weighted by Gasteiger charge is -2.10. The maximum Gasteiger partial charge on any atom is 0.353 e. The molecule has 0 amide bonds. The molecule has 2 aromatic rings. The lowest BCUT2D eigenvalue weighted by molar-refractivity contribution is 0.0687. The third-order valence-corrected chi connectivity index (χ3v) is 3.43. The summed E-state index contributed by atoms with van der Waals surface area (Å²) >= 11 is 0. The van der Waals surface area contributed by atoms with Crippen LogP contribution in [0.3, 0.4) is 0 Å². The van der Waals surface area contributed by atoms with Crippen LogP contribution >= 0.6 is 0 Å². The smallest absolute Gasteiger partial charge is 0.353 e. The number of aromatic carboxylic acids is 1. The first-order valence-electron chi connectivity index (χ1n) is 5.33. The molecule has 20 heavy (non-hydrogen) atoms. The summed E-state index contributed by atoms with van der Waals surface area (Å²) in [5.41, 5.74) is -0.361. The van der Waals surface area contributed by atoms with Gasteiger partial charge in [-0.15, -0.1) is 0 Å². The van der Waals surface area contributed by atoms with Gasteiger partial charge in [-0.05, 0) is 24.3 Å². The van der Waals surface area contributed by atoms with Crippen LogP contribution in [0.25, 0.3) is 5.69 Å². The van der Waals surface area contributed by atoms with Gasteiger partial charge in [0.25, 0.3) is 10.1 Å². The van der Waals surface area contributed by atoms with Crippen LogP contribution in [0, 0.1) is 0 Å². The summed E-state index contributed by atoms with van der Waals surface area (Å²) in [6.07, 6.45) is 1.27. The molecule has 0 fully saturated rings. The molecule has 0 aliphatic carbocycles. The summed E-state index contributed by atoms with van der Waals surface area (Å²) in [5.74, 6) is -1.29. The van der Waals surface area contributed by atoms with Gasteiger partial charge >= 0.3 is 5.97 Å². The molecule has 104 valence electrons. The largest absolute Gasteiger partial charge is 0.477 e. The molecule has 7 nitrogen and oxygen atoms in total. The van der Waals surface area contributed by atoms with Crippen molar-refractivity contribution in [1.29, 1.82) is 0 Å². The van der Waals surface area contributed by atoms with E-state index in [1.165, 1.54) is 29.0 Å².